The zero-order valence-corrected chi connectivity index (χ0v) is 32.9. The summed E-state index contributed by atoms with van der Waals surface area (Å²) in [5.41, 5.74) is 14.2. The Kier molecular flexibility index (Phi) is 11.9. The van der Waals surface area contributed by atoms with Gasteiger partial charge in [0.1, 0.15) is 21.0 Å². The number of carbonyl (C=O) groups is 4. The van der Waals surface area contributed by atoms with Crippen molar-refractivity contribution in [3.8, 4) is 5.75 Å². The second-order valence-corrected chi connectivity index (χ2v) is 15.6. The third kappa shape index (κ3) is 8.39. The van der Waals surface area contributed by atoms with Gasteiger partial charge < -0.3 is 25.9 Å². The zero-order valence-electron chi connectivity index (χ0n) is 30.4. The predicted molar refractivity (Wildman–Crippen MR) is 211 cm³/mol. The van der Waals surface area contributed by atoms with Crippen LogP contribution in [0, 0.1) is 13.8 Å². The number of fused-ring (bicyclic) bond motifs is 2. The van der Waals surface area contributed by atoms with Gasteiger partial charge in [-0.2, -0.15) is 4.99 Å². The number of nitrogens with two attached hydrogens (primary N) is 2. The molecule has 0 atom stereocenters. The van der Waals surface area contributed by atoms with Gasteiger partial charge in [-0.05, 0) is 44.9 Å². The number of hydrogen-bond acceptors (Lipinski definition) is 13. The van der Waals surface area contributed by atoms with Crippen LogP contribution in [-0.4, -0.2) is 71.0 Å². The number of amides is 4. The summed E-state index contributed by atoms with van der Waals surface area (Å²) < 4.78 is 10.1. The van der Waals surface area contributed by atoms with Crippen LogP contribution in [-0.2, 0) is 25.9 Å². The first-order valence-corrected chi connectivity index (χ1v) is 19.7. The molecule has 0 saturated heterocycles. The molecule has 286 valence electrons. The van der Waals surface area contributed by atoms with Gasteiger partial charge in [0.05, 0.1) is 43.8 Å². The molecule has 19 heteroatoms. The van der Waals surface area contributed by atoms with Gasteiger partial charge >= 0.3 is 0 Å². The molecular weight excluding hydrogens is 765 g/mol. The summed E-state index contributed by atoms with van der Waals surface area (Å²) in [5, 5.41) is 13.8. The van der Waals surface area contributed by atoms with Crippen LogP contribution in [0.5, 0.6) is 5.75 Å². The molecule has 0 aliphatic rings. The maximum absolute atomic E-state index is 13.6. The number of nitrogens with one attached hydrogen (secondary N) is 1. The molecule has 55 heavy (non-hydrogen) atoms. The number of ether oxygens (including phenoxy) is 1. The minimum atomic E-state index is -0.686. The molecule has 5 heterocycles. The lowest BCUT2D eigenvalue weighted by atomic mass is 10.1. The summed E-state index contributed by atoms with van der Waals surface area (Å²) in [6.45, 7) is 7.96. The number of rotatable bonds is 15. The van der Waals surface area contributed by atoms with Crippen molar-refractivity contribution in [2.45, 2.75) is 60.0 Å². The van der Waals surface area contributed by atoms with Crippen molar-refractivity contribution in [1.82, 2.24) is 29.1 Å². The van der Waals surface area contributed by atoms with E-state index in [4.69, 9.17) is 21.2 Å². The van der Waals surface area contributed by atoms with E-state index in [1.165, 1.54) is 52.3 Å². The van der Waals surface area contributed by atoms with Crippen molar-refractivity contribution < 1.29 is 29.0 Å². The Hall–Kier alpha value is -5.63. The van der Waals surface area contributed by atoms with Crippen molar-refractivity contribution >= 4 is 85.0 Å². The number of aromatic nitrogens is 6. The highest BCUT2D eigenvalue weighted by atomic mass is 32.1. The normalized spacial score (nSPS) is 12.0. The van der Waals surface area contributed by atoms with Crippen LogP contribution < -0.4 is 26.3 Å². The summed E-state index contributed by atoms with van der Waals surface area (Å²) in [5.74, 6) is -1.66. The molecule has 0 unspecified atom stereocenters. The average molecular weight is 803 g/mol. The highest BCUT2D eigenvalue weighted by Crippen LogP contribution is 2.32. The number of aliphatic hydroxyl groups is 1. The molecule has 0 aliphatic heterocycles. The smallest absolute Gasteiger partial charge is 0.291 e. The van der Waals surface area contributed by atoms with E-state index in [0.29, 0.717) is 72.3 Å². The van der Waals surface area contributed by atoms with Gasteiger partial charge in [0, 0.05) is 37.9 Å². The predicted octanol–water partition coefficient (Wildman–Crippen LogP) is 4.31. The van der Waals surface area contributed by atoms with Gasteiger partial charge in [0.2, 0.25) is 17.8 Å². The summed E-state index contributed by atoms with van der Waals surface area (Å²) in [7, 11) is 0. The van der Waals surface area contributed by atoms with E-state index in [0.717, 1.165) is 10.0 Å². The molecule has 0 aliphatic carbocycles. The first kappa shape index (κ1) is 39.1. The van der Waals surface area contributed by atoms with E-state index in [9.17, 15) is 24.3 Å². The fourth-order valence-corrected chi connectivity index (χ4v) is 8.60. The molecule has 1 aromatic carbocycles. The summed E-state index contributed by atoms with van der Waals surface area (Å²) >= 11 is 3.76. The fraction of sp³-hybridized carbons (Fsp3) is 0.306. The molecule has 0 fully saturated rings. The number of carbonyl (C=O) groups excluding carboxylic acids is 4. The highest BCUT2D eigenvalue weighted by molar-refractivity contribution is 7.16. The lowest BCUT2D eigenvalue weighted by molar-refractivity contribution is 0.0991. The summed E-state index contributed by atoms with van der Waals surface area (Å²) in [4.78, 5) is 75.2. The number of primary amides is 2. The highest BCUT2D eigenvalue weighted by Gasteiger charge is 2.23. The molecule has 0 saturated carbocycles. The van der Waals surface area contributed by atoms with Crippen LogP contribution >= 0.6 is 34.0 Å². The number of benzene rings is 1. The van der Waals surface area contributed by atoms with E-state index < -0.39 is 17.7 Å². The molecule has 16 nitrogen and oxygen atoms in total. The Morgan fingerprint density at radius 3 is 2.20 bits per heavy atom. The van der Waals surface area contributed by atoms with Crippen LogP contribution in [0.15, 0.2) is 41.5 Å². The Labute approximate surface area is 326 Å². The number of aryl methyl sites for hydroxylation is 4. The number of imidazole rings is 1. The van der Waals surface area contributed by atoms with Crippen molar-refractivity contribution in [1.29, 1.82) is 0 Å². The van der Waals surface area contributed by atoms with E-state index in [2.05, 4.69) is 25.3 Å². The number of anilines is 1. The fourth-order valence-electron chi connectivity index (χ4n) is 5.76. The van der Waals surface area contributed by atoms with Gasteiger partial charge in [-0.15, -0.1) is 22.7 Å². The average Bonchev–Trinajstić information content (AvgIpc) is 3.92. The SMILES string of the molecule is CCc1nc(C)sc1C(=O)N=c1sc2cc(C(N)=O)cnc2n1C/C=C/Cn1c(NC(=O)c2sc(C)nc2CC)nc2cc(C(N)=O)cc(OCCCO)c21. The molecule has 6 rings (SSSR count). The van der Waals surface area contributed by atoms with Gasteiger partial charge in [-0.25, -0.2) is 19.9 Å². The third-order valence-corrected chi connectivity index (χ3v) is 11.3. The van der Waals surface area contributed by atoms with Gasteiger partial charge in [0.15, 0.2) is 10.4 Å². The second kappa shape index (κ2) is 16.8. The number of thiazole rings is 3. The second-order valence-electron chi connectivity index (χ2n) is 12.2. The van der Waals surface area contributed by atoms with Crippen molar-refractivity contribution in [3.05, 3.63) is 83.6 Å². The topological polar surface area (TPSA) is 236 Å². The minimum Gasteiger partial charge on any atom is -0.491 e. The molecule has 4 amide bonds. The number of pyridine rings is 1. The molecule has 6 N–H and O–H groups in total. The molecular formula is C36H38N10O6S3. The molecule has 0 bridgehead atoms. The monoisotopic (exact) mass is 802 g/mol. The molecule has 0 spiro atoms. The van der Waals surface area contributed by atoms with Crippen LogP contribution in [0.25, 0.3) is 21.4 Å². The Morgan fingerprint density at radius 1 is 0.891 bits per heavy atom. The van der Waals surface area contributed by atoms with Crippen molar-refractivity contribution in [2.75, 3.05) is 18.5 Å². The molecule has 0 radical (unpaired) electrons. The van der Waals surface area contributed by atoms with Crippen molar-refractivity contribution in [2.24, 2.45) is 16.5 Å². The molecule has 6 aromatic rings. The van der Waals surface area contributed by atoms with Gasteiger partial charge in [-0.1, -0.05) is 37.3 Å². The number of aliphatic hydroxyl groups excluding tert-OH is 1. The van der Waals surface area contributed by atoms with Gasteiger partial charge in [0.25, 0.3) is 11.8 Å². The van der Waals surface area contributed by atoms with E-state index in [-0.39, 0.29) is 49.3 Å². The lowest BCUT2D eigenvalue weighted by Crippen LogP contribution is -2.17. The van der Waals surface area contributed by atoms with Crippen LogP contribution in [0.1, 0.15) is 81.7 Å². The quantitative estimate of drug-likeness (QED) is 0.0848. The first-order chi connectivity index (χ1) is 26.4. The first-order valence-electron chi connectivity index (χ1n) is 17.3. The summed E-state index contributed by atoms with van der Waals surface area (Å²) in [6.07, 6.45) is 6.54. The zero-order chi connectivity index (χ0) is 39.4. The standard InChI is InChI=1S/C36H38N10O6S3/c1-5-22-28(53-18(3)40-22)33(50)43-35-42-24-14-20(30(37)48)15-25(52-13-9-12-47)27(24)45(35)10-7-8-11-46-32-26(16-21(17-39-32)31(38)49)55-36(46)44-34(51)29-23(6-2)41-19(4)54-29/h7-8,14-17,47H,5-6,9-13H2,1-4H3,(H2,37,48)(H2,38,49)(H,42,43,50)/b8-7+,44-36?. The Bertz CT molecular complexity index is 2560. The maximum Gasteiger partial charge on any atom is 0.291 e. The van der Waals surface area contributed by atoms with E-state index in [1.807, 2.05) is 39.8 Å². The van der Waals surface area contributed by atoms with E-state index in [1.54, 1.807) is 15.2 Å². The van der Waals surface area contributed by atoms with Gasteiger partial charge in [-0.3, -0.25) is 29.1 Å². The lowest BCUT2D eigenvalue weighted by Gasteiger charge is -2.12. The largest absolute Gasteiger partial charge is 0.491 e. The van der Waals surface area contributed by atoms with Crippen LogP contribution in [0.3, 0.4) is 0 Å². The third-order valence-electron chi connectivity index (χ3n) is 8.30. The number of nitrogens with zero attached hydrogens (tertiary/aromatic N) is 7. The van der Waals surface area contributed by atoms with Crippen LogP contribution in [0.2, 0.25) is 0 Å². The number of hydrogen-bond donors (Lipinski definition) is 4. The minimum absolute atomic E-state index is 0.104. The molecule has 5 aromatic heterocycles. The Morgan fingerprint density at radius 2 is 1.55 bits per heavy atom. The Balaban J connectivity index is 1.41. The van der Waals surface area contributed by atoms with Crippen LogP contribution in [0.4, 0.5) is 5.95 Å². The van der Waals surface area contributed by atoms with Crippen molar-refractivity contribution in [3.63, 3.8) is 0 Å². The van der Waals surface area contributed by atoms with E-state index >= 15 is 0 Å². The summed E-state index contributed by atoms with van der Waals surface area (Å²) in [6, 6.07) is 4.66. The maximum atomic E-state index is 13.6. The number of allylic oxidation sites excluding steroid dienone is 2.